The van der Waals surface area contributed by atoms with Crippen LogP contribution in [-0.2, 0) is 17.8 Å². The monoisotopic (exact) mass is 337 g/mol. The number of nitrogens with zero attached hydrogens (tertiary/aromatic N) is 1. The van der Waals surface area contributed by atoms with Crippen LogP contribution >= 0.6 is 23.2 Å². The zero-order valence-corrected chi connectivity index (χ0v) is 13.6. The molecule has 0 N–H and O–H groups in total. The highest BCUT2D eigenvalue weighted by Crippen LogP contribution is 2.30. The summed E-state index contributed by atoms with van der Waals surface area (Å²) < 4.78 is 5.36. The van der Waals surface area contributed by atoms with Gasteiger partial charge in [-0.05, 0) is 43.0 Å². The second-order valence-corrected chi connectivity index (χ2v) is 6.33. The summed E-state index contributed by atoms with van der Waals surface area (Å²) in [4.78, 5) is 14.4. The van der Waals surface area contributed by atoms with Crippen LogP contribution in [0.3, 0.4) is 0 Å². The van der Waals surface area contributed by atoms with Gasteiger partial charge in [-0.15, -0.1) is 0 Å². The van der Waals surface area contributed by atoms with E-state index < -0.39 is 0 Å². The summed E-state index contributed by atoms with van der Waals surface area (Å²) in [5.41, 5.74) is 0.913. The van der Waals surface area contributed by atoms with Crippen LogP contribution in [0.15, 0.2) is 41.0 Å². The van der Waals surface area contributed by atoms with E-state index in [9.17, 15) is 4.79 Å². The van der Waals surface area contributed by atoms with Gasteiger partial charge in [-0.1, -0.05) is 35.3 Å². The number of furan rings is 1. The molecule has 1 fully saturated rings. The summed E-state index contributed by atoms with van der Waals surface area (Å²) in [6.07, 6.45) is 4.81. The lowest BCUT2D eigenvalue weighted by molar-refractivity contribution is -0.132. The van der Waals surface area contributed by atoms with E-state index in [2.05, 4.69) is 0 Å². The molecule has 0 atom stereocenters. The molecule has 0 radical (unpaired) electrons. The number of hydrogen-bond acceptors (Lipinski definition) is 2. The predicted octanol–water partition coefficient (Wildman–Crippen LogP) is 4.71. The van der Waals surface area contributed by atoms with E-state index in [1.54, 1.807) is 12.3 Å². The summed E-state index contributed by atoms with van der Waals surface area (Å²) in [6, 6.07) is 9.62. The van der Waals surface area contributed by atoms with Crippen molar-refractivity contribution in [3.63, 3.8) is 0 Å². The van der Waals surface area contributed by atoms with E-state index in [0.717, 1.165) is 24.2 Å². The van der Waals surface area contributed by atoms with Gasteiger partial charge in [0, 0.05) is 12.5 Å². The Labute approximate surface area is 139 Å². The van der Waals surface area contributed by atoms with Gasteiger partial charge in [-0.25, -0.2) is 0 Å². The van der Waals surface area contributed by atoms with Crippen molar-refractivity contribution in [2.45, 2.75) is 38.3 Å². The van der Waals surface area contributed by atoms with Crippen LogP contribution in [0.1, 0.15) is 30.6 Å². The molecule has 0 aliphatic heterocycles. The van der Waals surface area contributed by atoms with Gasteiger partial charge in [0.05, 0.1) is 22.9 Å². The molecule has 0 saturated heterocycles. The van der Waals surface area contributed by atoms with Crippen molar-refractivity contribution in [2.24, 2.45) is 0 Å². The highest BCUT2D eigenvalue weighted by Gasteiger charge is 2.32. The van der Waals surface area contributed by atoms with Crippen molar-refractivity contribution in [2.75, 3.05) is 0 Å². The second kappa shape index (κ2) is 6.76. The van der Waals surface area contributed by atoms with Crippen molar-refractivity contribution in [3.8, 4) is 0 Å². The number of rotatable bonds is 6. The smallest absolute Gasteiger partial charge is 0.223 e. The van der Waals surface area contributed by atoms with Crippen LogP contribution < -0.4 is 0 Å². The van der Waals surface area contributed by atoms with E-state index in [0.29, 0.717) is 35.5 Å². The highest BCUT2D eigenvalue weighted by atomic mass is 35.5. The van der Waals surface area contributed by atoms with Crippen molar-refractivity contribution < 1.29 is 9.21 Å². The number of carbonyl (C=O) groups is 1. The Balaban J connectivity index is 1.63. The maximum atomic E-state index is 12.5. The van der Waals surface area contributed by atoms with Gasteiger partial charge in [0.1, 0.15) is 5.76 Å². The number of aryl methyl sites for hydroxylation is 1. The lowest BCUT2D eigenvalue weighted by Gasteiger charge is -2.21. The Kier molecular flexibility index (Phi) is 4.74. The van der Waals surface area contributed by atoms with Gasteiger partial charge >= 0.3 is 0 Å². The van der Waals surface area contributed by atoms with Crippen molar-refractivity contribution in [3.05, 3.63) is 58.0 Å². The Hall–Kier alpha value is -1.45. The van der Waals surface area contributed by atoms with Crippen molar-refractivity contribution >= 4 is 29.1 Å². The molecule has 1 aliphatic rings. The Morgan fingerprint density at radius 2 is 2.05 bits per heavy atom. The van der Waals surface area contributed by atoms with Gasteiger partial charge in [0.2, 0.25) is 5.91 Å². The molecule has 3 nitrogen and oxygen atoms in total. The number of halogens is 2. The number of hydrogen-bond donors (Lipinski definition) is 0. The molecule has 1 aromatic heterocycles. The second-order valence-electron chi connectivity index (χ2n) is 5.55. The van der Waals surface area contributed by atoms with Crippen molar-refractivity contribution in [1.82, 2.24) is 4.90 Å². The van der Waals surface area contributed by atoms with Crippen LogP contribution in [0.2, 0.25) is 10.0 Å². The summed E-state index contributed by atoms with van der Waals surface area (Å²) in [5.74, 6) is 0.955. The molecule has 1 heterocycles. The first-order chi connectivity index (χ1) is 10.6. The van der Waals surface area contributed by atoms with E-state index in [4.69, 9.17) is 27.6 Å². The third-order valence-electron chi connectivity index (χ3n) is 3.85. The number of carbonyl (C=O) groups excluding carboxylic acids is 1. The first kappa shape index (κ1) is 15.4. The average molecular weight is 338 g/mol. The zero-order chi connectivity index (χ0) is 15.5. The van der Waals surface area contributed by atoms with Gasteiger partial charge in [-0.3, -0.25) is 4.79 Å². The fourth-order valence-electron chi connectivity index (χ4n) is 2.50. The Morgan fingerprint density at radius 1 is 1.23 bits per heavy atom. The fourth-order valence-corrected chi connectivity index (χ4v) is 2.92. The predicted molar refractivity (Wildman–Crippen MR) is 87.1 cm³/mol. The highest BCUT2D eigenvalue weighted by molar-refractivity contribution is 6.42. The molecular weight excluding hydrogens is 321 g/mol. The Bertz CT molecular complexity index is 651. The van der Waals surface area contributed by atoms with Crippen LogP contribution in [0.25, 0.3) is 0 Å². The fraction of sp³-hybridized carbons (Fsp3) is 0.353. The van der Waals surface area contributed by atoms with E-state index in [1.165, 1.54) is 0 Å². The minimum absolute atomic E-state index is 0.134. The molecule has 1 saturated carbocycles. The topological polar surface area (TPSA) is 33.5 Å². The standard InChI is InChI=1S/C17H17Cl2NO2/c18-15-5-1-3-12(17(15)19)6-9-16(21)20(13-7-8-13)11-14-4-2-10-22-14/h1-5,10,13H,6-9,11H2. The molecule has 0 bridgehead atoms. The zero-order valence-electron chi connectivity index (χ0n) is 12.1. The maximum absolute atomic E-state index is 12.5. The normalized spacial score (nSPS) is 14.1. The van der Waals surface area contributed by atoms with Crippen LogP contribution in [0, 0.1) is 0 Å². The number of benzene rings is 1. The van der Waals surface area contributed by atoms with E-state index >= 15 is 0 Å². The Morgan fingerprint density at radius 3 is 2.73 bits per heavy atom. The van der Waals surface area contributed by atoms with E-state index in [-0.39, 0.29) is 5.91 Å². The molecule has 5 heteroatoms. The lowest BCUT2D eigenvalue weighted by atomic mass is 10.1. The largest absolute Gasteiger partial charge is 0.467 e. The van der Waals surface area contributed by atoms with Crippen LogP contribution in [-0.4, -0.2) is 16.8 Å². The van der Waals surface area contributed by atoms with Crippen molar-refractivity contribution in [1.29, 1.82) is 0 Å². The minimum atomic E-state index is 0.134. The summed E-state index contributed by atoms with van der Waals surface area (Å²) in [7, 11) is 0. The molecule has 3 rings (SSSR count). The summed E-state index contributed by atoms with van der Waals surface area (Å²) >= 11 is 12.2. The summed E-state index contributed by atoms with van der Waals surface area (Å²) in [5, 5.41) is 1.07. The molecule has 116 valence electrons. The van der Waals surface area contributed by atoms with Crippen LogP contribution in [0.5, 0.6) is 0 Å². The molecule has 22 heavy (non-hydrogen) atoms. The first-order valence-electron chi connectivity index (χ1n) is 7.40. The summed E-state index contributed by atoms with van der Waals surface area (Å²) in [6.45, 7) is 0.541. The molecular formula is C17H17Cl2NO2. The van der Waals surface area contributed by atoms with E-state index in [1.807, 2.05) is 29.2 Å². The molecule has 2 aromatic rings. The first-order valence-corrected chi connectivity index (χ1v) is 8.15. The van der Waals surface area contributed by atoms with Gasteiger partial charge in [-0.2, -0.15) is 0 Å². The molecule has 1 aliphatic carbocycles. The van der Waals surface area contributed by atoms with Gasteiger partial charge in [0.25, 0.3) is 0 Å². The SMILES string of the molecule is O=C(CCc1cccc(Cl)c1Cl)N(Cc1ccco1)C1CC1. The average Bonchev–Trinajstić information content (AvgIpc) is 3.22. The van der Waals surface area contributed by atoms with Gasteiger partial charge < -0.3 is 9.32 Å². The van der Waals surface area contributed by atoms with Gasteiger partial charge in [0.15, 0.2) is 0 Å². The third-order valence-corrected chi connectivity index (χ3v) is 4.71. The maximum Gasteiger partial charge on any atom is 0.223 e. The molecule has 0 spiro atoms. The lowest BCUT2D eigenvalue weighted by Crippen LogP contribution is -2.32. The molecule has 1 aromatic carbocycles. The quantitative estimate of drug-likeness (QED) is 0.764. The molecule has 0 unspecified atom stereocenters. The minimum Gasteiger partial charge on any atom is -0.467 e. The molecule has 1 amide bonds. The van der Waals surface area contributed by atoms with Crippen LogP contribution in [0.4, 0.5) is 0 Å². The third kappa shape index (κ3) is 3.65. The number of amides is 1.